The zero-order chi connectivity index (χ0) is 23.3. The van der Waals surface area contributed by atoms with E-state index in [1.165, 1.54) is 7.11 Å². The number of aryl methyl sites for hydroxylation is 2. The van der Waals surface area contributed by atoms with Crippen LogP contribution in [0.5, 0.6) is 0 Å². The molecule has 174 valence electrons. The molecule has 1 aromatic carbocycles. The van der Waals surface area contributed by atoms with E-state index in [4.69, 9.17) is 37.9 Å². The molecule has 2 atom stereocenters. The molecule has 0 saturated carbocycles. The van der Waals surface area contributed by atoms with Crippen molar-refractivity contribution in [2.45, 2.75) is 52.1 Å². The Kier molecular flexibility index (Phi) is 8.57. The number of benzene rings is 1. The lowest BCUT2D eigenvalue weighted by Crippen LogP contribution is -2.43. The van der Waals surface area contributed by atoms with Crippen LogP contribution >= 0.6 is 23.2 Å². The standard InChI is InChI=1S/C23H31Cl2N5O2/c1-5-10-26-19-12-30(23(31)32-4)13-20(19)29-22-18(7-3)27-21(17(6-2)28-22)15-9-8-14(24)11-16(15)25/h8-9,11,19-20,26H,5-7,10,12-13H2,1-4H3,(H,28,29)/t19-,20+/m0/s1. The largest absolute Gasteiger partial charge is 0.453 e. The highest BCUT2D eigenvalue weighted by atomic mass is 35.5. The Bertz CT molecular complexity index is 956. The van der Waals surface area contributed by atoms with Crippen molar-refractivity contribution < 1.29 is 9.53 Å². The summed E-state index contributed by atoms with van der Waals surface area (Å²) >= 11 is 12.5. The molecule has 1 amide bonds. The fraction of sp³-hybridized carbons (Fsp3) is 0.522. The van der Waals surface area contributed by atoms with Gasteiger partial charge in [-0.3, -0.25) is 0 Å². The highest BCUT2D eigenvalue weighted by molar-refractivity contribution is 6.36. The van der Waals surface area contributed by atoms with Crippen molar-refractivity contribution in [3.05, 3.63) is 39.6 Å². The summed E-state index contributed by atoms with van der Waals surface area (Å²) in [5.41, 5.74) is 3.31. The van der Waals surface area contributed by atoms with E-state index < -0.39 is 0 Å². The van der Waals surface area contributed by atoms with E-state index in [0.717, 1.165) is 41.4 Å². The van der Waals surface area contributed by atoms with E-state index in [2.05, 4.69) is 24.5 Å². The normalized spacial score (nSPS) is 18.1. The van der Waals surface area contributed by atoms with Gasteiger partial charge in [-0.2, -0.15) is 0 Å². The zero-order valence-corrected chi connectivity index (χ0v) is 20.6. The molecule has 3 rings (SSSR count). The van der Waals surface area contributed by atoms with Crippen LogP contribution in [0.25, 0.3) is 11.3 Å². The molecule has 2 aromatic rings. The summed E-state index contributed by atoms with van der Waals surface area (Å²) in [5.74, 6) is 0.748. The minimum absolute atomic E-state index is 0.00470. The minimum Gasteiger partial charge on any atom is -0.453 e. The van der Waals surface area contributed by atoms with E-state index in [9.17, 15) is 4.79 Å². The Balaban J connectivity index is 1.93. The predicted molar refractivity (Wildman–Crippen MR) is 130 cm³/mol. The fourth-order valence-corrected chi connectivity index (χ4v) is 4.45. The lowest BCUT2D eigenvalue weighted by atomic mass is 10.1. The van der Waals surface area contributed by atoms with Crippen LogP contribution in [0, 0.1) is 0 Å². The number of amides is 1. The van der Waals surface area contributed by atoms with Crippen molar-refractivity contribution in [1.82, 2.24) is 20.2 Å². The van der Waals surface area contributed by atoms with Gasteiger partial charge in [-0.15, -0.1) is 0 Å². The maximum atomic E-state index is 12.1. The van der Waals surface area contributed by atoms with Crippen molar-refractivity contribution in [3.8, 4) is 11.3 Å². The Morgan fingerprint density at radius 2 is 1.84 bits per heavy atom. The third-order valence-corrected chi connectivity index (χ3v) is 6.18. The molecule has 32 heavy (non-hydrogen) atoms. The van der Waals surface area contributed by atoms with Gasteiger partial charge in [-0.05, 0) is 44.0 Å². The number of likely N-dealkylation sites (tertiary alicyclic amines) is 1. The van der Waals surface area contributed by atoms with E-state index in [-0.39, 0.29) is 18.2 Å². The third kappa shape index (κ3) is 5.45. The Hall–Kier alpha value is -2.09. The average molecular weight is 480 g/mol. The van der Waals surface area contributed by atoms with Gasteiger partial charge in [-0.25, -0.2) is 14.8 Å². The van der Waals surface area contributed by atoms with Crippen LogP contribution in [0.3, 0.4) is 0 Å². The van der Waals surface area contributed by atoms with Crippen LogP contribution in [0.15, 0.2) is 18.2 Å². The molecule has 9 heteroatoms. The lowest BCUT2D eigenvalue weighted by molar-refractivity contribution is 0.132. The van der Waals surface area contributed by atoms with E-state index >= 15 is 0 Å². The van der Waals surface area contributed by atoms with Gasteiger partial charge in [0.2, 0.25) is 0 Å². The number of methoxy groups -OCH3 is 1. The number of ether oxygens (including phenoxy) is 1. The van der Waals surface area contributed by atoms with Crippen molar-refractivity contribution >= 4 is 35.1 Å². The fourth-order valence-electron chi connectivity index (χ4n) is 3.95. The van der Waals surface area contributed by atoms with Crippen LogP contribution in [-0.2, 0) is 17.6 Å². The van der Waals surface area contributed by atoms with Crippen molar-refractivity contribution in [2.75, 3.05) is 32.1 Å². The van der Waals surface area contributed by atoms with Crippen LogP contribution < -0.4 is 10.6 Å². The number of carbonyl (C=O) groups excluding carboxylic acids is 1. The second-order valence-electron chi connectivity index (χ2n) is 7.83. The first-order valence-corrected chi connectivity index (χ1v) is 11.8. The van der Waals surface area contributed by atoms with Gasteiger partial charge >= 0.3 is 6.09 Å². The maximum absolute atomic E-state index is 12.1. The number of nitrogens with zero attached hydrogens (tertiary/aromatic N) is 3. The van der Waals surface area contributed by atoms with Gasteiger partial charge in [0.15, 0.2) is 0 Å². The summed E-state index contributed by atoms with van der Waals surface area (Å²) in [5, 5.41) is 8.24. The van der Waals surface area contributed by atoms with E-state index in [1.807, 2.05) is 19.1 Å². The van der Waals surface area contributed by atoms with E-state index in [1.54, 1.807) is 11.0 Å². The molecule has 0 bridgehead atoms. The minimum atomic E-state index is -0.318. The quantitative estimate of drug-likeness (QED) is 0.565. The van der Waals surface area contributed by atoms with Crippen LogP contribution in [0.1, 0.15) is 38.6 Å². The number of aromatic nitrogens is 2. The van der Waals surface area contributed by atoms with Crippen LogP contribution in [-0.4, -0.2) is 59.8 Å². The van der Waals surface area contributed by atoms with Gasteiger partial charge in [0, 0.05) is 29.7 Å². The highest BCUT2D eigenvalue weighted by Gasteiger charge is 2.36. The summed E-state index contributed by atoms with van der Waals surface area (Å²) in [6.45, 7) is 8.21. The molecule has 2 heterocycles. The molecule has 7 nitrogen and oxygen atoms in total. The molecule has 0 spiro atoms. The molecule has 1 aliphatic heterocycles. The molecule has 0 radical (unpaired) electrons. The number of nitrogens with one attached hydrogen (secondary N) is 2. The van der Waals surface area contributed by atoms with E-state index in [0.29, 0.717) is 36.0 Å². The van der Waals surface area contributed by atoms with Gasteiger partial charge < -0.3 is 20.3 Å². The molecule has 1 fully saturated rings. The topological polar surface area (TPSA) is 79.4 Å². The Labute approximate surface area is 199 Å². The first-order valence-electron chi connectivity index (χ1n) is 11.1. The zero-order valence-electron chi connectivity index (χ0n) is 19.0. The molecule has 0 aliphatic carbocycles. The summed E-state index contributed by atoms with van der Waals surface area (Å²) < 4.78 is 4.93. The SMILES string of the molecule is CCCN[C@H]1CN(C(=O)OC)C[C@H]1Nc1nc(CC)c(-c2ccc(Cl)cc2Cl)nc1CC. The van der Waals surface area contributed by atoms with Gasteiger partial charge in [0.25, 0.3) is 0 Å². The molecule has 1 aliphatic rings. The van der Waals surface area contributed by atoms with Gasteiger partial charge in [-0.1, -0.05) is 44.0 Å². The van der Waals surface area contributed by atoms with Crippen molar-refractivity contribution in [2.24, 2.45) is 0 Å². The molecule has 1 aromatic heterocycles. The summed E-state index contributed by atoms with van der Waals surface area (Å²) in [7, 11) is 1.41. The molecular weight excluding hydrogens is 449 g/mol. The third-order valence-electron chi connectivity index (χ3n) is 5.63. The van der Waals surface area contributed by atoms with Crippen molar-refractivity contribution in [1.29, 1.82) is 0 Å². The molecule has 1 saturated heterocycles. The molecule has 2 N–H and O–H groups in total. The number of hydrogen-bond acceptors (Lipinski definition) is 6. The van der Waals surface area contributed by atoms with Crippen LogP contribution in [0.2, 0.25) is 10.0 Å². The first kappa shape index (κ1) is 24.6. The van der Waals surface area contributed by atoms with Gasteiger partial charge in [0.05, 0.1) is 35.3 Å². The predicted octanol–water partition coefficient (Wildman–Crippen LogP) is 4.81. The molecule has 0 unspecified atom stereocenters. The number of rotatable bonds is 8. The molecular formula is C23H31Cl2N5O2. The number of hydrogen-bond donors (Lipinski definition) is 2. The van der Waals surface area contributed by atoms with Crippen LogP contribution in [0.4, 0.5) is 10.6 Å². The lowest BCUT2D eigenvalue weighted by Gasteiger charge is -2.23. The Morgan fingerprint density at radius 3 is 2.47 bits per heavy atom. The Morgan fingerprint density at radius 1 is 1.12 bits per heavy atom. The second kappa shape index (κ2) is 11.2. The highest BCUT2D eigenvalue weighted by Crippen LogP contribution is 2.33. The number of carbonyl (C=O) groups is 1. The average Bonchev–Trinajstić information content (AvgIpc) is 3.19. The summed E-state index contributed by atoms with van der Waals surface area (Å²) in [6, 6.07) is 5.51. The summed E-state index contributed by atoms with van der Waals surface area (Å²) in [4.78, 5) is 23.7. The number of anilines is 1. The first-order chi connectivity index (χ1) is 15.4. The van der Waals surface area contributed by atoms with Gasteiger partial charge in [0.1, 0.15) is 5.82 Å². The summed E-state index contributed by atoms with van der Waals surface area (Å²) in [6.07, 6.45) is 2.10. The van der Waals surface area contributed by atoms with Crippen molar-refractivity contribution in [3.63, 3.8) is 0 Å². The second-order valence-corrected chi connectivity index (χ2v) is 8.68. The smallest absolute Gasteiger partial charge is 0.409 e. The monoisotopic (exact) mass is 479 g/mol. The number of halogens is 2. The maximum Gasteiger partial charge on any atom is 0.409 e.